The molecule has 6 heteroatoms. The molecule has 3 aliphatic rings. The maximum Gasteiger partial charge on any atom is 0.258 e. The average Bonchev–Trinajstić information content (AvgIpc) is 3.18. The highest BCUT2D eigenvalue weighted by molar-refractivity contribution is 5.77. The van der Waals surface area contributed by atoms with Gasteiger partial charge in [0.15, 0.2) is 23.9 Å². The van der Waals surface area contributed by atoms with Gasteiger partial charge in [-0.05, 0) is 32.8 Å². The van der Waals surface area contributed by atoms with Crippen molar-refractivity contribution in [1.29, 1.82) is 0 Å². The molecule has 1 unspecified atom stereocenters. The second-order valence-electron chi connectivity index (χ2n) is 8.40. The highest BCUT2D eigenvalue weighted by Crippen LogP contribution is 2.41. The Morgan fingerprint density at radius 3 is 2.89 bits per heavy atom. The summed E-state index contributed by atoms with van der Waals surface area (Å²) in [4.78, 5) is 12.2. The van der Waals surface area contributed by atoms with Crippen molar-refractivity contribution in [2.75, 3.05) is 19.8 Å². The molecule has 4 rings (SSSR count). The second kappa shape index (κ2) is 7.32. The molecular formula is C21H29NO5. The van der Waals surface area contributed by atoms with Gasteiger partial charge in [-0.3, -0.25) is 4.79 Å². The minimum Gasteiger partial charge on any atom is -0.483 e. The number of nitrogens with one attached hydrogen (secondary N) is 1. The Kier molecular flexibility index (Phi) is 5.03. The second-order valence-corrected chi connectivity index (χ2v) is 8.40. The molecule has 1 aliphatic carbocycles. The Hall–Kier alpha value is -1.79. The smallest absolute Gasteiger partial charge is 0.258 e. The van der Waals surface area contributed by atoms with Crippen LogP contribution in [0.2, 0.25) is 0 Å². The molecule has 27 heavy (non-hydrogen) atoms. The van der Waals surface area contributed by atoms with Crippen LogP contribution in [-0.2, 0) is 20.7 Å². The van der Waals surface area contributed by atoms with Crippen LogP contribution < -0.4 is 14.8 Å². The molecule has 2 aliphatic heterocycles. The van der Waals surface area contributed by atoms with E-state index in [2.05, 4.69) is 5.32 Å². The molecule has 6 nitrogen and oxygen atoms in total. The summed E-state index contributed by atoms with van der Waals surface area (Å²) in [6.07, 6.45) is 6.20. The molecule has 1 aromatic rings. The number of hydrogen-bond acceptors (Lipinski definition) is 5. The van der Waals surface area contributed by atoms with E-state index in [9.17, 15) is 4.79 Å². The monoisotopic (exact) mass is 375 g/mol. The van der Waals surface area contributed by atoms with Gasteiger partial charge in [0.25, 0.3) is 5.91 Å². The molecule has 1 amide bonds. The topological polar surface area (TPSA) is 66.0 Å². The highest BCUT2D eigenvalue weighted by atomic mass is 16.7. The normalized spacial score (nSPS) is 25.0. The molecule has 2 heterocycles. The van der Waals surface area contributed by atoms with Crippen molar-refractivity contribution in [3.63, 3.8) is 0 Å². The van der Waals surface area contributed by atoms with E-state index >= 15 is 0 Å². The fraction of sp³-hybridized carbons (Fsp3) is 0.667. The molecule has 1 saturated heterocycles. The van der Waals surface area contributed by atoms with Crippen molar-refractivity contribution < 1.29 is 23.7 Å². The van der Waals surface area contributed by atoms with Crippen molar-refractivity contribution in [2.24, 2.45) is 0 Å². The Bertz CT molecular complexity index is 696. The minimum atomic E-state index is -0.404. The van der Waals surface area contributed by atoms with E-state index in [4.69, 9.17) is 18.9 Å². The average molecular weight is 375 g/mol. The molecule has 0 radical (unpaired) electrons. The van der Waals surface area contributed by atoms with Crippen LogP contribution in [0.3, 0.4) is 0 Å². The zero-order valence-electron chi connectivity index (χ0n) is 16.2. The van der Waals surface area contributed by atoms with E-state index in [-0.39, 0.29) is 24.2 Å². The quantitative estimate of drug-likeness (QED) is 0.857. The van der Waals surface area contributed by atoms with Crippen molar-refractivity contribution >= 4 is 5.91 Å². The van der Waals surface area contributed by atoms with Gasteiger partial charge in [-0.2, -0.15) is 0 Å². The van der Waals surface area contributed by atoms with Gasteiger partial charge in [0, 0.05) is 31.4 Å². The highest BCUT2D eigenvalue weighted by Gasteiger charge is 2.42. The van der Waals surface area contributed by atoms with Gasteiger partial charge >= 0.3 is 0 Å². The predicted octanol–water partition coefficient (Wildman–Crippen LogP) is 2.97. The largest absolute Gasteiger partial charge is 0.483 e. The molecular weight excluding hydrogens is 346 g/mol. The van der Waals surface area contributed by atoms with E-state index in [0.29, 0.717) is 18.9 Å². The number of fused-ring (bicyclic) bond motifs is 1. The lowest BCUT2D eigenvalue weighted by molar-refractivity contribution is -0.186. The van der Waals surface area contributed by atoms with Crippen molar-refractivity contribution in [3.05, 3.63) is 23.8 Å². The van der Waals surface area contributed by atoms with E-state index in [1.165, 1.54) is 6.42 Å². The first-order valence-electron chi connectivity index (χ1n) is 9.97. The van der Waals surface area contributed by atoms with Crippen LogP contribution in [0.5, 0.6) is 11.5 Å². The molecule has 2 fully saturated rings. The maximum atomic E-state index is 12.2. The number of carbonyl (C=O) groups excluding carboxylic acids is 1. The predicted molar refractivity (Wildman–Crippen MR) is 100.0 cm³/mol. The van der Waals surface area contributed by atoms with Crippen LogP contribution in [-0.4, -0.2) is 43.2 Å². The maximum absolute atomic E-state index is 12.2. The van der Waals surface area contributed by atoms with Gasteiger partial charge < -0.3 is 24.3 Å². The lowest BCUT2D eigenvalue weighted by Gasteiger charge is -2.31. The standard InChI is InChI=1S/C21H29NO5/c1-20(2)11-15-7-6-8-17(19(15)27-20)24-14-18(23)22-12-16-13-25-21(26-16)9-4-3-5-10-21/h6-8,16H,3-5,9-14H2,1-2H3,(H,22,23). The fourth-order valence-electron chi connectivity index (χ4n) is 4.19. The number of para-hydroxylation sites is 1. The minimum absolute atomic E-state index is 0.0427. The Balaban J connectivity index is 1.24. The molecule has 1 aromatic carbocycles. The number of benzene rings is 1. The lowest BCUT2D eigenvalue weighted by atomic mass is 9.94. The van der Waals surface area contributed by atoms with Gasteiger partial charge in [0.1, 0.15) is 11.7 Å². The van der Waals surface area contributed by atoms with Crippen LogP contribution in [0.1, 0.15) is 51.5 Å². The van der Waals surface area contributed by atoms with Gasteiger partial charge in [0.05, 0.1) is 6.61 Å². The number of rotatable bonds is 5. The lowest BCUT2D eigenvalue weighted by Crippen LogP contribution is -2.38. The van der Waals surface area contributed by atoms with Crippen LogP contribution >= 0.6 is 0 Å². The van der Waals surface area contributed by atoms with E-state index < -0.39 is 5.79 Å². The van der Waals surface area contributed by atoms with Crippen LogP contribution in [0.25, 0.3) is 0 Å². The molecule has 0 bridgehead atoms. The van der Waals surface area contributed by atoms with Crippen LogP contribution in [0, 0.1) is 0 Å². The molecule has 148 valence electrons. The Morgan fingerprint density at radius 1 is 1.26 bits per heavy atom. The third-order valence-electron chi connectivity index (χ3n) is 5.47. The zero-order valence-corrected chi connectivity index (χ0v) is 16.2. The molecule has 1 N–H and O–H groups in total. The van der Waals surface area contributed by atoms with Crippen LogP contribution in [0.15, 0.2) is 18.2 Å². The van der Waals surface area contributed by atoms with Gasteiger partial charge in [-0.15, -0.1) is 0 Å². The summed E-state index contributed by atoms with van der Waals surface area (Å²) >= 11 is 0. The van der Waals surface area contributed by atoms with Crippen molar-refractivity contribution in [2.45, 2.75) is 69.9 Å². The first-order chi connectivity index (χ1) is 12.9. The Labute approximate surface area is 160 Å². The summed E-state index contributed by atoms with van der Waals surface area (Å²) in [7, 11) is 0. The summed E-state index contributed by atoms with van der Waals surface area (Å²) < 4.78 is 23.7. The van der Waals surface area contributed by atoms with Crippen molar-refractivity contribution in [3.8, 4) is 11.5 Å². The van der Waals surface area contributed by atoms with E-state index in [1.807, 2.05) is 32.0 Å². The first kappa shape index (κ1) is 18.6. The molecule has 0 aromatic heterocycles. The van der Waals surface area contributed by atoms with Crippen molar-refractivity contribution in [1.82, 2.24) is 5.32 Å². The number of amides is 1. The van der Waals surface area contributed by atoms with E-state index in [1.54, 1.807) is 0 Å². The van der Waals surface area contributed by atoms with E-state index in [0.717, 1.165) is 43.4 Å². The van der Waals surface area contributed by atoms with Gasteiger partial charge in [0.2, 0.25) is 0 Å². The Morgan fingerprint density at radius 2 is 2.07 bits per heavy atom. The third-order valence-corrected chi connectivity index (χ3v) is 5.47. The molecule has 1 spiro atoms. The summed E-state index contributed by atoms with van der Waals surface area (Å²) in [5.74, 6) is 0.800. The number of ether oxygens (including phenoxy) is 4. The van der Waals surface area contributed by atoms with Gasteiger partial charge in [-0.25, -0.2) is 0 Å². The third kappa shape index (κ3) is 4.22. The summed E-state index contributed by atoms with van der Waals surface area (Å²) in [5.41, 5.74) is 0.881. The number of hydrogen-bond donors (Lipinski definition) is 1. The summed E-state index contributed by atoms with van der Waals surface area (Å²) in [6.45, 7) is 5.04. The SMILES string of the molecule is CC1(C)Cc2cccc(OCC(=O)NCC3COC4(CCCCC4)O3)c2O1. The number of carbonyl (C=O) groups is 1. The van der Waals surface area contributed by atoms with Crippen LogP contribution in [0.4, 0.5) is 0 Å². The fourth-order valence-corrected chi connectivity index (χ4v) is 4.19. The summed E-state index contributed by atoms with van der Waals surface area (Å²) in [5, 5.41) is 2.89. The zero-order chi connectivity index (χ0) is 18.9. The first-order valence-corrected chi connectivity index (χ1v) is 9.97. The summed E-state index contributed by atoms with van der Waals surface area (Å²) in [6, 6.07) is 5.81. The van der Waals surface area contributed by atoms with Gasteiger partial charge in [-0.1, -0.05) is 18.6 Å². The molecule has 1 saturated carbocycles. The molecule has 1 atom stereocenters.